The maximum atomic E-state index is 11.4. The van der Waals surface area contributed by atoms with Crippen LogP contribution in [0.1, 0.15) is 5.69 Å². The third-order valence-electron chi connectivity index (χ3n) is 2.70. The topological polar surface area (TPSA) is 85.0 Å². The van der Waals surface area contributed by atoms with Gasteiger partial charge in [-0.1, -0.05) is 5.16 Å². The molecule has 18 heavy (non-hydrogen) atoms. The van der Waals surface area contributed by atoms with Crippen LogP contribution in [0.5, 0.6) is 0 Å². The summed E-state index contributed by atoms with van der Waals surface area (Å²) in [6.07, 6.45) is 0. The summed E-state index contributed by atoms with van der Waals surface area (Å²) in [6.45, 7) is 0. The number of nitrogens with zero attached hydrogens (tertiary/aromatic N) is 3. The molecule has 0 fully saturated rings. The van der Waals surface area contributed by atoms with E-state index in [1.54, 1.807) is 25.2 Å². The van der Waals surface area contributed by atoms with Crippen molar-refractivity contribution in [1.82, 2.24) is 9.72 Å². The second-order valence-electron chi connectivity index (χ2n) is 3.80. The average Bonchev–Trinajstić information content (AvgIpc) is 2.95. The molecule has 0 saturated heterocycles. The Morgan fingerprint density at radius 2 is 2.22 bits per heavy atom. The Kier molecular flexibility index (Phi) is 2.07. The van der Waals surface area contributed by atoms with Gasteiger partial charge in [0.1, 0.15) is 6.07 Å². The summed E-state index contributed by atoms with van der Waals surface area (Å²) < 4.78 is 11.5. The first-order chi connectivity index (χ1) is 8.69. The lowest BCUT2D eigenvalue weighted by Gasteiger charge is -1.95. The van der Waals surface area contributed by atoms with Crippen molar-refractivity contribution in [2.45, 2.75) is 0 Å². The van der Waals surface area contributed by atoms with E-state index in [1.165, 1.54) is 10.6 Å². The van der Waals surface area contributed by atoms with Crippen LogP contribution in [0.15, 0.2) is 38.0 Å². The normalized spacial score (nSPS) is 10.7. The van der Waals surface area contributed by atoms with Gasteiger partial charge in [-0.2, -0.15) is 5.26 Å². The highest BCUT2D eigenvalue weighted by Gasteiger charge is 2.10. The van der Waals surface area contributed by atoms with Crippen molar-refractivity contribution in [3.8, 4) is 17.4 Å². The summed E-state index contributed by atoms with van der Waals surface area (Å²) in [5.74, 6) is 0.0392. The fourth-order valence-electron chi connectivity index (χ4n) is 1.75. The molecular formula is C12H7N3O3. The average molecular weight is 241 g/mol. The molecule has 0 atom stereocenters. The largest absolute Gasteiger partial charge is 0.419 e. The van der Waals surface area contributed by atoms with Gasteiger partial charge in [-0.3, -0.25) is 4.57 Å². The molecule has 0 aliphatic carbocycles. The number of nitriles is 1. The molecular weight excluding hydrogens is 234 g/mol. The van der Waals surface area contributed by atoms with Gasteiger partial charge in [0.25, 0.3) is 0 Å². The number of aryl methyl sites for hydroxylation is 1. The highest BCUT2D eigenvalue weighted by molar-refractivity contribution is 5.79. The molecule has 0 amide bonds. The Morgan fingerprint density at radius 1 is 1.39 bits per heavy atom. The van der Waals surface area contributed by atoms with Crippen LogP contribution >= 0.6 is 0 Å². The second kappa shape index (κ2) is 3.60. The maximum absolute atomic E-state index is 11.4. The van der Waals surface area contributed by atoms with E-state index in [-0.39, 0.29) is 5.69 Å². The molecule has 0 radical (unpaired) electrons. The molecule has 6 heteroatoms. The fraction of sp³-hybridized carbons (Fsp3) is 0.0833. The van der Waals surface area contributed by atoms with Gasteiger partial charge in [-0.05, 0) is 18.2 Å². The zero-order chi connectivity index (χ0) is 12.7. The monoisotopic (exact) mass is 241 g/mol. The molecule has 0 saturated carbocycles. The van der Waals surface area contributed by atoms with E-state index >= 15 is 0 Å². The minimum atomic E-state index is -0.419. The Hall–Kier alpha value is -2.81. The van der Waals surface area contributed by atoms with E-state index in [2.05, 4.69) is 5.16 Å². The fourth-order valence-corrected chi connectivity index (χ4v) is 1.75. The summed E-state index contributed by atoms with van der Waals surface area (Å²) in [7, 11) is 1.63. The lowest BCUT2D eigenvalue weighted by molar-refractivity contribution is 0.430. The summed E-state index contributed by atoms with van der Waals surface area (Å²) in [5.41, 5.74) is 2.07. The van der Waals surface area contributed by atoms with E-state index in [0.29, 0.717) is 22.4 Å². The van der Waals surface area contributed by atoms with Gasteiger partial charge in [0.05, 0.1) is 5.52 Å². The first-order valence-corrected chi connectivity index (χ1v) is 5.16. The summed E-state index contributed by atoms with van der Waals surface area (Å²) in [4.78, 5) is 11.4. The van der Waals surface area contributed by atoms with Crippen molar-refractivity contribution in [2.75, 3.05) is 0 Å². The number of oxazole rings is 1. The van der Waals surface area contributed by atoms with Crippen molar-refractivity contribution in [3.63, 3.8) is 0 Å². The van der Waals surface area contributed by atoms with Gasteiger partial charge in [-0.15, -0.1) is 0 Å². The molecule has 2 heterocycles. The number of benzene rings is 1. The number of fused-ring (bicyclic) bond motifs is 1. The minimum absolute atomic E-state index is 0.208. The van der Waals surface area contributed by atoms with Gasteiger partial charge >= 0.3 is 5.76 Å². The standard InChI is InChI=1S/C12H7N3O3/c1-15-9-3-2-7(4-11(9)17-12(15)16)10-5-8(6-13)14-18-10/h2-5H,1H3. The third-order valence-corrected chi connectivity index (χ3v) is 2.70. The molecule has 3 rings (SSSR count). The van der Waals surface area contributed by atoms with Crippen LogP contribution in [-0.4, -0.2) is 9.72 Å². The highest BCUT2D eigenvalue weighted by Crippen LogP contribution is 2.24. The molecule has 6 nitrogen and oxygen atoms in total. The van der Waals surface area contributed by atoms with Gasteiger partial charge < -0.3 is 8.94 Å². The van der Waals surface area contributed by atoms with E-state index in [4.69, 9.17) is 14.2 Å². The predicted molar refractivity (Wildman–Crippen MR) is 61.7 cm³/mol. The van der Waals surface area contributed by atoms with E-state index in [0.717, 1.165) is 0 Å². The van der Waals surface area contributed by atoms with Crippen LogP contribution in [-0.2, 0) is 7.05 Å². The third kappa shape index (κ3) is 1.42. The van der Waals surface area contributed by atoms with Gasteiger partial charge in [0.2, 0.25) is 0 Å². The van der Waals surface area contributed by atoms with Crippen molar-refractivity contribution in [1.29, 1.82) is 5.26 Å². The zero-order valence-electron chi connectivity index (χ0n) is 9.38. The zero-order valence-corrected chi connectivity index (χ0v) is 9.38. The van der Waals surface area contributed by atoms with Crippen molar-refractivity contribution in [3.05, 3.63) is 40.5 Å². The number of hydrogen-bond acceptors (Lipinski definition) is 5. The summed E-state index contributed by atoms with van der Waals surface area (Å²) in [6, 6.07) is 8.62. The summed E-state index contributed by atoms with van der Waals surface area (Å²) >= 11 is 0. The lowest BCUT2D eigenvalue weighted by atomic mass is 10.1. The molecule has 0 aliphatic heterocycles. The predicted octanol–water partition coefficient (Wildman–Crippen LogP) is 1.66. The Labute approximate surface area is 101 Å². The number of aromatic nitrogens is 2. The lowest BCUT2D eigenvalue weighted by Crippen LogP contribution is -2.08. The molecule has 0 unspecified atom stereocenters. The Balaban J connectivity index is 2.19. The smallest absolute Gasteiger partial charge is 0.408 e. The van der Waals surface area contributed by atoms with Crippen molar-refractivity contribution < 1.29 is 8.94 Å². The molecule has 0 bridgehead atoms. The van der Waals surface area contributed by atoms with Crippen LogP contribution < -0.4 is 5.76 Å². The van der Waals surface area contributed by atoms with Crippen LogP contribution in [0.3, 0.4) is 0 Å². The van der Waals surface area contributed by atoms with Crippen LogP contribution in [0, 0.1) is 11.3 Å². The molecule has 3 aromatic rings. The number of rotatable bonds is 1. The molecule has 2 aromatic heterocycles. The SMILES string of the molecule is Cn1c(=O)oc2cc(-c3cc(C#N)no3)ccc21. The van der Waals surface area contributed by atoms with Gasteiger partial charge in [0.15, 0.2) is 17.0 Å². The second-order valence-corrected chi connectivity index (χ2v) is 3.80. The Morgan fingerprint density at radius 3 is 2.94 bits per heavy atom. The van der Waals surface area contributed by atoms with Gasteiger partial charge in [0, 0.05) is 18.7 Å². The van der Waals surface area contributed by atoms with Crippen molar-refractivity contribution >= 4 is 11.1 Å². The van der Waals surface area contributed by atoms with Crippen LogP contribution in [0.2, 0.25) is 0 Å². The molecule has 1 aromatic carbocycles. The Bertz CT molecular complexity index is 832. The summed E-state index contributed by atoms with van der Waals surface area (Å²) in [5, 5.41) is 12.3. The van der Waals surface area contributed by atoms with Crippen LogP contribution in [0.4, 0.5) is 0 Å². The first kappa shape index (κ1) is 10.4. The van der Waals surface area contributed by atoms with Gasteiger partial charge in [-0.25, -0.2) is 4.79 Å². The molecule has 0 N–H and O–H groups in total. The van der Waals surface area contributed by atoms with E-state index in [1.807, 2.05) is 6.07 Å². The molecule has 88 valence electrons. The first-order valence-electron chi connectivity index (χ1n) is 5.16. The molecule has 0 aliphatic rings. The highest BCUT2D eigenvalue weighted by atomic mass is 16.5. The van der Waals surface area contributed by atoms with Crippen molar-refractivity contribution in [2.24, 2.45) is 7.05 Å². The number of hydrogen-bond donors (Lipinski definition) is 0. The van der Waals surface area contributed by atoms with Crippen LogP contribution in [0.25, 0.3) is 22.4 Å². The maximum Gasteiger partial charge on any atom is 0.419 e. The minimum Gasteiger partial charge on any atom is -0.408 e. The quantitative estimate of drug-likeness (QED) is 0.646. The molecule has 0 spiro atoms. The van der Waals surface area contributed by atoms with E-state index < -0.39 is 5.76 Å². The van der Waals surface area contributed by atoms with E-state index in [9.17, 15) is 4.79 Å².